The molecule has 1 fully saturated rings. The quantitative estimate of drug-likeness (QED) is 0.531. The largest absolute Gasteiger partial charge is 0.416 e. The fourth-order valence-electron chi connectivity index (χ4n) is 4.18. The highest BCUT2D eigenvalue weighted by Gasteiger charge is 2.48. The molecule has 5 nitrogen and oxygen atoms in total. The first-order valence-electron chi connectivity index (χ1n) is 9.98. The number of fused-ring (bicyclic) bond motifs is 2. The molecule has 2 aliphatic rings. The Morgan fingerprint density at radius 3 is 2.69 bits per heavy atom. The number of carbonyl (C=O) groups excluding carboxylic acids is 1. The van der Waals surface area contributed by atoms with E-state index >= 15 is 0 Å². The molecule has 1 N–H and O–H groups in total. The maximum atomic E-state index is 13.1. The van der Waals surface area contributed by atoms with Gasteiger partial charge in [0.2, 0.25) is 0 Å². The highest BCUT2D eigenvalue weighted by Crippen LogP contribution is 2.56. The van der Waals surface area contributed by atoms with Crippen LogP contribution in [0.4, 0.5) is 33.7 Å². The Morgan fingerprint density at radius 2 is 1.97 bits per heavy atom. The fraction of sp³-hybridized carbons (Fsp3) is 0.217. The number of hydrogen-bond acceptors (Lipinski definition) is 2. The van der Waals surface area contributed by atoms with Crippen LogP contribution in [-0.4, -0.2) is 28.9 Å². The lowest BCUT2D eigenvalue weighted by Gasteiger charge is -2.19. The highest BCUT2D eigenvalue weighted by molar-refractivity contribution is 6.01. The first-order valence-corrected chi connectivity index (χ1v) is 9.98. The third-order valence-corrected chi connectivity index (χ3v) is 5.96. The van der Waals surface area contributed by atoms with Gasteiger partial charge in [-0.15, -0.1) is 0 Å². The Hall–Kier alpha value is -3.62. The van der Waals surface area contributed by atoms with Gasteiger partial charge >= 0.3 is 12.2 Å². The Kier molecular flexibility index (Phi) is 4.58. The zero-order chi connectivity index (χ0) is 22.6. The average molecular weight is 442 g/mol. The number of allylic oxidation sites excluding steroid dienone is 4. The first kappa shape index (κ1) is 20.3. The lowest BCUT2D eigenvalue weighted by atomic mass is 9.90. The number of rotatable bonds is 3. The van der Waals surface area contributed by atoms with Crippen LogP contribution in [0, 0.1) is 11.7 Å². The molecule has 2 heterocycles. The van der Waals surface area contributed by atoms with E-state index in [1.54, 1.807) is 42.2 Å². The fourth-order valence-corrected chi connectivity index (χ4v) is 4.18. The van der Waals surface area contributed by atoms with Crippen LogP contribution in [0.5, 0.6) is 0 Å². The van der Waals surface area contributed by atoms with Gasteiger partial charge in [-0.25, -0.2) is 13.7 Å². The van der Waals surface area contributed by atoms with E-state index in [0.717, 1.165) is 11.1 Å². The number of urea groups is 1. The first-order chi connectivity index (χ1) is 15.2. The number of pyridine rings is 1. The second-order valence-electron chi connectivity index (χ2n) is 7.94. The lowest BCUT2D eigenvalue weighted by Crippen LogP contribution is -2.31. The predicted octanol–water partition coefficient (Wildman–Crippen LogP) is 5.67. The number of halogens is 4. The van der Waals surface area contributed by atoms with E-state index in [0.29, 0.717) is 23.4 Å². The molecule has 2 aromatic heterocycles. The minimum Gasteiger partial charge on any atom is -0.308 e. The van der Waals surface area contributed by atoms with E-state index in [1.807, 2.05) is 0 Å². The number of amides is 2. The Labute approximate surface area is 180 Å². The Bertz CT molecular complexity index is 1270. The van der Waals surface area contributed by atoms with Crippen molar-refractivity contribution in [3.8, 4) is 0 Å². The zero-order valence-electron chi connectivity index (χ0n) is 16.9. The van der Waals surface area contributed by atoms with Gasteiger partial charge in [0, 0.05) is 36.1 Å². The van der Waals surface area contributed by atoms with Gasteiger partial charge in [-0.05, 0) is 48.7 Å². The second-order valence-corrected chi connectivity index (χ2v) is 7.94. The molecule has 1 aromatic carbocycles. The molecule has 32 heavy (non-hydrogen) atoms. The van der Waals surface area contributed by atoms with Gasteiger partial charge in [-0.2, -0.15) is 18.3 Å². The molecule has 9 heteroatoms. The molecule has 2 amide bonds. The summed E-state index contributed by atoms with van der Waals surface area (Å²) >= 11 is 0. The van der Waals surface area contributed by atoms with Crippen molar-refractivity contribution < 1.29 is 22.4 Å². The summed E-state index contributed by atoms with van der Waals surface area (Å²) in [6.07, 6.45) is 2.22. The number of nitrogens with one attached hydrogen (secondary N) is 1. The number of benzene rings is 1. The summed E-state index contributed by atoms with van der Waals surface area (Å²) in [4.78, 5) is 14.0. The van der Waals surface area contributed by atoms with Crippen LogP contribution in [0.15, 0.2) is 72.1 Å². The van der Waals surface area contributed by atoms with Crippen molar-refractivity contribution in [3.63, 3.8) is 0 Å². The summed E-state index contributed by atoms with van der Waals surface area (Å²) in [6.45, 7) is 0. The molecular weight excluding hydrogens is 424 g/mol. The molecule has 0 saturated heterocycles. The van der Waals surface area contributed by atoms with Crippen molar-refractivity contribution in [2.45, 2.75) is 18.5 Å². The lowest BCUT2D eigenvalue weighted by molar-refractivity contribution is -0.0888. The summed E-state index contributed by atoms with van der Waals surface area (Å²) in [5, 5.41) is 7.02. The smallest absolute Gasteiger partial charge is 0.308 e. The van der Waals surface area contributed by atoms with E-state index in [2.05, 4.69) is 10.4 Å². The zero-order valence-corrected chi connectivity index (χ0v) is 16.9. The van der Waals surface area contributed by atoms with E-state index < -0.39 is 23.6 Å². The second kappa shape index (κ2) is 7.22. The minimum absolute atomic E-state index is 0.173. The van der Waals surface area contributed by atoms with Gasteiger partial charge < -0.3 is 5.32 Å². The molecular formula is C23H18F4N4O. The molecule has 0 aliphatic heterocycles. The molecule has 0 bridgehead atoms. The summed E-state index contributed by atoms with van der Waals surface area (Å²) in [7, 11) is 1.60. The van der Waals surface area contributed by atoms with Crippen LogP contribution >= 0.6 is 0 Å². The monoisotopic (exact) mass is 442 g/mol. The van der Waals surface area contributed by atoms with Gasteiger partial charge in [-0.1, -0.05) is 17.7 Å². The maximum absolute atomic E-state index is 13.1. The summed E-state index contributed by atoms with van der Waals surface area (Å²) in [5.41, 5.74) is 2.48. The Morgan fingerprint density at radius 1 is 1.22 bits per heavy atom. The third kappa shape index (κ3) is 3.53. The average Bonchev–Trinajstić information content (AvgIpc) is 3.45. The van der Waals surface area contributed by atoms with Crippen molar-refractivity contribution in [2.75, 3.05) is 17.3 Å². The van der Waals surface area contributed by atoms with Gasteiger partial charge in [0.25, 0.3) is 0 Å². The van der Waals surface area contributed by atoms with Crippen molar-refractivity contribution >= 4 is 22.9 Å². The number of hydrogen-bond donors (Lipinski definition) is 1. The van der Waals surface area contributed by atoms with E-state index in [4.69, 9.17) is 0 Å². The van der Waals surface area contributed by atoms with Gasteiger partial charge in [0.05, 0.1) is 17.3 Å². The molecule has 0 radical (unpaired) electrons. The van der Waals surface area contributed by atoms with Gasteiger partial charge in [0.15, 0.2) is 0 Å². The Balaban J connectivity index is 1.40. The van der Waals surface area contributed by atoms with E-state index in [9.17, 15) is 22.4 Å². The topological polar surface area (TPSA) is 49.6 Å². The minimum atomic E-state index is -4.33. The summed E-state index contributed by atoms with van der Waals surface area (Å²) < 4.78 is 54.2. The molecule has 5 rings (SSSR count). The molecule has 2 atom stereocenters. The van der Waals surface area contributed by atoms with Crippen LogP contribution in [0.3, 0.4) is 0 Å². The summed E-state index contributed by atoms with van der Waals surface area (Å²) in [6, 6.07) is 8.52. The van der Waals surface area contributed by atoms with Crippen molar-refractivity contribution in [3.05, 3.63) is 83.5 Å². The normalized spacial score (nSPS) is 19.8. The SMILES string of the molecule is CN(C(=O)Nc1ccc(F)cc1)c1ccn2ncc(C3C=CC(C(F)(F)F)=C4CC43)c2c1. The highest BCUT2D eigenvalue weighted by atomic mass is 19.4. The van der Waals surface area contributed by atoms with Crippen LogP contribution in [0.25, 0.3) is 5.52 Å². The molecule has 2 unspecified atom stereocenters. The molecule has 164 valence electrons. The van der Waals surface area contributed by atoms with E-state index in [-0.39, 0.29) is 11.8 Å². The third-order valence-electron chi connectivity index (χ3n) is 5.96. The molecule has 3 aromatic rings. The number of anilines is 2. The molecule has 0 spiro atoms. The number of aromatic nitrogens is 2. The maximum Gasteiger partial charge on any atom is 0.416 e. The summed E-state index contributed by atoms with van der Waals surface area (Å²) in [5.74, 6) is -0.766. The van der Waals surface area contributed by atoms with Crippen LogP contribution in [-0.2, 0) is 0 Å². The van der Waals surface area contributed by atoms with Crippen molar-refractivity contribution in [1.29, 1.82) is 0 Å². The van der Waals surface area contributed by atoms with Crippen molar-refractivity contribution in [1.82, 2.24) is 9.61 Å². The number of nitrogens with zero attached hydrogens (tertiary/aromatic N) is 3. The number of alkyl halides is 3. The van der Waals surface area contributed by atoms with Crippen LogP contribution < -0.4 is 10.2 Å². The van der Waals surface area contributed by atoms with Gasteiger partial charge in [0.1, 0.15) is 5.82 Å². The number of carbonyl (C=O) groups is 1. The van der Waals surface area contributed by atoms with Gasteiger partial charge in [-0.3, -0.25) is 4.90 Å². The van der Waals surface area contributed by atoms with Crippen molar-refractivity contribution in [2.24, 2.45) is 5.92 Å². The van der Waals surface area contributed by atoms with Crippen LogP contribution in [0.1, 0.15) is 17.9 Å². The standard InChI is InChI=1S/C23H18F4N4O/c1-30(22(32)29-14-4-2-13(24)3-5-14)15-8-9-31-21(10-15)19(12-28-31)16-6-7-20(23(25,26)27)18-11-17(16)18/h2-10,12,16-17H,11H2,1H3,(H,29,32). The molecule has 2 aliphatic carbocycles. The predicted molar refractivity (Wildman–Crippen MR) is 112 cm³/mol. The van der Waals surface area contributed by atoms with Crippen LogP contribution in [0.2, 0.25) is 0 Å². The van der Waals surface area contributed by atoms with E-state index in [1.165, 1.54) is 35.2 Å². The molecule has 1 saturated carbocycles.